The third-order valence-corrected chi connectivity index (χ3v) is 5.73. The summed E-state index contributed by atoms with van der Waals surface area (Å²) in [5.74, 6) is -1.21. The first-order valence-corrected chi connectivity index (χ1v) is 10.0. The minimum Gasteiger partial charge on any atom is -0.460 e. The van der Waals surface area contributed by atoms with Crippen LogP contribution in [0.25, 0.3) is 0 Å². The van der Waals surface area contributed by atoms with E-state index in [2.05, 4.69) is 38.3 Å². The molecule has 2 heterocycles. The molecular formula is C21H38N2O4. The zero-order chi connectivity index (χ0) is 20.8. The number of carbonyl (C=O) groups excluding carboxylic acids is 2. The molecule has 27 heavy (non-hydrogen) atoms. The van der Waals surface area contributed by atoms with Gasteiger partial charge < -0.3 is 20.1 Å². The summed E-state index contributed by atoms with van der Waals surface area (Å²) in [6.45, 7) is 18.3. The SMILES string of the molecule is CC(CC(=O)OC1CC(C)(C)NC1(C)C)C(=O)OC1CC(C)(C)NC1(C)C. The summed E-state index contributed by atoms with van der Waals surface area (Å²) >= 11 is 0. The van der Waals surface area contributed by atoms with Crippen molar-refractivity contribution >= 4 is 11.9 Å². The number of hydrogen-bond acceptors (Lipinski definition) is 6. The molecule has 0 spiro atoms. The van der Waals surface area contributed by atoms with E-state index in [-0.39, 0.29) is 52.7 Å². The van der Waals surface area contributed by atoms with E-state index >= 15 is 0 Å². The molecule has 6 heteroatoms. The van der Waals surface area contributed by atoms with Gasteiger partial charge in [-0.05, 0) is 55.4 Å². The van der Waals surface area contributed by atoms with E-state index in [1.807, 2.05) is 27.7 Å². The van der Waals surface area contributed by atoms with Crippen LogP contribution in [0.15, 0.2) is 0 Å². The standard InChI is InChI=1S/C21H38N2O4/c1-13(17(25)27-15-12-19(4,5)23-21(15,8)9)10-16(24)26-14-11-18(2,3)22-20(14,6)7/h13-15,22-23H,10-12H2,1-9H3. The van der Waals surface area contributed by atoms with Gasteiger partial charge in [-0.15, -0.1) is 0 Å². The lowest BCUT2D eigenvalue weighted by atomic mass is 9.96. The summed E-state index contributed by atoms with van der Waals surface area (Å²) in [4.78, 5) is 24.9. The summed E-state index contributed by atoms with van der Waals surface area (Å²) in [7, 11) is 0. The van der Waals surface area contributed by atoms with Crippen molar-refractivity contribution in [3.63, 3.8) is 0 Å². The molecule has 2 N–H and O–H groups in total. The van der Waals surface area contributed by atoms with Crippen LogP contribution in [0.1, 0.15) is 81.6 Å². The first-order valence-electron chi connectivity index (χ1n) is 10.0. The lowest BCUT2D eigenvalue weighted by Gasteiger charge is -2.29. The van der Waals surface area contributed by atoms with Gasteiger partial charge in [0.05, 0.1) is 23.4 Å². The summed E-state index contributed by atoms with van der Waals surface area (Å²) < 4.78 is 11.5. The van der Waals surface area contributed by atoms with Gasteiger partial charge in [0.25, 0.3) is 0 Å². The Morgan fingerprint density at radius 2 is 1.26 bits per heavy atom. The number of hydrogen-bond donors (Lipinski definition) is 2. The normalized spacial score (nSPS) is 31.3. The molecule has 2 fully saturated rings. The van der Waals surface area contributed by atoms with Crippen LogP contribution in [-0.4, -0.2) is 46.3 Å². The minimum absolute atomic E-state index is 0.0375. The van der Waals surface area contributed by atoms with E-state index < -0.39 is 5.92 Å². The van der Waals surface area contributed by atoms with Gasteiger partial charge in [0.1, 0.15) is 12.2 Å². The number of carbonyl (C=O) groups is 2. The predicted molar refractivity (Wildman–Crippen MR) is 105 cm³/mol. The van der Waals surface area contributed by atoms with Gasteiger partial charge in [-0.3, -0.25) is 9.59 Å². The molecule has 2 saturated heterocycles. The van der Waals surface area contributed by atoms with Gasteiger partial charge >= 0.3 is 11.9 Å². The van der Waals surface area contributed by atoms with Gasteiger partial charge in [0, 0.05) is 23.9 Å². The molecule has 0 aromatic heterocycles. The summed E-state index contributed by atoms with van der Waals surface area (Å²) in [5, 5.41) is 6.98. The molecule has 156 valence electrons. The zero-order valence-corrected chi connectivity index (χ0v) is 18.5. The predicted octanol–water partition coefficient (Wildman–Crippen LogP) is 2.94. The first-order chi connectivity index (χ1) is 12.0. The Hall–Kier alpha value is -1.14. The van der Waals surface area contributed by atoms with E-state index in [4.69, 9.17) is 9.47 Å². The number of esters is 2. The third-order valence-electron chi connectivity index (χ3n) is 5.73. The Kier molecular flexibility index (Phi) is 5.77. The Balaban J connectivity index is 1.88. The molecule has 3 unspecified atom stereocenters. The maximum atomic E-state index is 12.5. The van der Waals surface area contributed by atoms with Crippen molar-refractivity contribution in [1.82, 2.24) is 10.6 Å². The van der Waals surface area contributed by atoms with Crippen molar-refractivity contribution < 1.29 is 19.1 Å². The first kappa shape index (κ1) is 22.2. The molecule has 0 saturated carbocycles. The maximum absolute atomic E-state index is 12.5. The van der Waals surface area contributed by atoms with Crippen molar-refractivity contribution in [3.8, 4) is 0 Å². The van der Waals surface area contributed by atoms with Crippen LogP contribution in [-0.2, 0) is 19.1 Å². The van der Waals surface area contributed by atoms with Gasteiger partial charge in [-0.2, -0.15) is 0 Å². The van der Waals surface area contributed by atoms with Crippen LogP contribution in [0, 0.1) is 5.92 Å². The van der Waals surface area contributed by atoms with Crippen molar-refractivity contribution in [1.29, 1.82) is 0 Å². The molecule has 0 amide bonds. The fraction of sp³-hybridized carbons (Fsp3) is 0.905. The van der Waals surface area contributed by atoms with Crippen molar-refractivity contribution in [3.05, 3.63) is 0 Å². The van der Waals surface area contributed by atoms with E-state index in [1.54, 1.807) is 6.92 Å². The molecule has 0 aromatic carbocycles. The summed E-state index contributed by atoms with van der Waals surface area (Å²) in [6, 6.07) is 0. The van der Waals surface area contributed by atoms with Crippen LogP contribution >= 0.6 is 0 Å². The third kappa shape index (κ3) is 5.44. The van der Waals surface area contributed by atoms with Crippen molar-refractivity contribution in [2.75, 3.05) is 0 Å². The molecule has 2 rings (SSSR count). The molecule has 0 aromatic rings. The minimum atomic E-state index is -0.525. The maximum Gasteiger partial charge on any atom is 0.309 e. The Morgan fingerprint density at radius 1 is 0.852 bits per heavy atom. The van der Waals surface area contributed by atoms with Crippen LogP contribution < -0.4 is 10.6 Å². The van der Waals surface area contributed by atoms with E-state index in [0.29, 0.717) is 0 Å². The Labute approximate surface area is 164 Å². The van der Waals surface area contributed by atoms with Crippen LogP contribution in [0.5, 0.6) is 0 Å². The summed E-state index contributed by atoms with van der Waals surface area (Å²) in [6.07, 6.45) is 1.12. The molecule has 0 radical (unpaired) electrons. The quantitative estimate of drug-likeness (QED) is 0.712. The highest BCUT2D eigenvalue weighted by Gasteiger charge is 2.48. The van der Waals surface area contributed by atoms with E-state index in [9.17, 15) is 9.59 Å². The fourth-order valence-electron chi connectivity index (χ4n) is 4.62. The molecule has 6 nitrogen and oxygen atoms in total. The highest BCUT2D eigenvalue weighted by atomic mass is 16.6. The highest BCUT2D eigenvalue weighted by molar-refractivity contribution is 5.80. The van der Waals surface area contributed by atoms with Gasteiger partial charge in [0.2, 0.25) is 0 Å². The van der Waals surface area contributed by atoms with Gasteiger partial charge in [0.15, 0.2) is 0 Å². The number of nitrogens with one attached hydrogen (secondary N) is 2. The van der Waals surface area contributed by atoms with E-state index in [1.165, 1.54) is 0 Å². The fourth-order valence-corrected chi connectivity index (χ4v) is 4.62. The van der Waals surface area contributed by atoms with Crippen LogP contribution in [0.2, 0.25) is 0 Å². The molecule has 2 aliphatic heterocycles. The summed E-state index contributed by atoms with van der Waals surface area (Å²) in [5.41, 5.74) is -0.726. The lowest BCUT2D eigenvalue weighted by Crippen LogP contribution is -2.48. The second-order valence-corrected chi connectivity index (χ2v) is 10.9. The largest absolute Gasteiger partial charge is 0.460 e. The van der Waals surface area contributed by atoms with Gasteiger partial charge in [-0.1, -0.05) is 6.92 Å². The Bertz CT molecular complexity index is 595. The highest BCUT2D eigenvalue weighted by Crippen LogP contribution is 2.34. The Morgan fingerprint density at radius 3 is 1.63 bits per heavy atom. The lowest BCUT2D eigenvalue weighted by molar-refractivity contribution is -0.162. The molecule has 3 atom stereocenters. The molecular weight excluding hydrogens is 344 g/mol. The zero-order valence-electron chi connectivity index (χ0n) is 18.5. The topological polar surface area (TPSA) is 76.7 Å². The van der Waals surface area contributed by atoms with Crippen molar-refractivity contribution in [2.24, 2.45) is 5.92 Å². The average Bonchev–Trinajstić information content (AvgIpc) is 2.75. The second kappa shape index (κ2) is 7.03. The monoisotopic (exact) mass is 382 g/mol. The van der Waals surface area contributed by atoms with Gasteiger partial charge in [-0.25, -0.2) is 0 Å². The van der Waals surface area contributed by atoms with E-state index in [0.717, 1.165) is 12.8 Å². The second-order valence-electron chi connectivity index (χ2n) is 10.9. The van der Waals surface area contributed by atoms with Crippen molar-refractivity contribution in [2.45, 2.75) is 116 Å². The van der Waals surface area contributed by atoms with Crippen LogP contribution in [0.4, 0.5) is 0 Å². The average molecular weight is 383 g/mol. The van der Waals surface area contributed by atoms with Crippen LogP contribution in [0.3, 0.4) is 0 Å². The smallest absolute Gasteiger partial charge is 0.309 e. The molecule has 0 aliphatic carbocycles. The number of ether oxygens (including phenoxy) is 2. The molecule has 0 bridgehead atoms. The molecule has 2 aliphatic rings. The number of rotatable bonds is 5.